The molecule has 1 aromatic rings. The number of nitrogens with one attached hydrogen (secondary N) is 1. The molecule has 0 aliphatic carbocycles. The summed E-state index contributed by atoms with van der Waals surface area (Å²) < 4.78 is 0. The number of hydrogen-bond donors (Lipinski definition) is 1. The molecule has 0 spiro atoms. The topological polar surface area (TPSA) is 31.4 Å². The summed E-state index contributed by atoms with van der Waals surface area (Å²) in [5, 5.41) is 6.84. The van der Waals surface area contributed by atoms with E-state index in [0.717, 1.165) is 45.2 Å². The second-order valence-electron chi connectivity index (χ2n) is 5.95. The number of thiazole rings is 1. The average Bonchev–Trinajstić information content (AvgIpc) is 2.98. The van der Waals surface area contributed by atoms with Crippen LogP contribution in [0.25, 0.3) is 0 Å². The zero-order chi connectivity index (χ0) is 14.4. The van der Waals surface area contributed by atoms with Crippen LogP contribution in [0.1, 0.15) is 27.2 Å². The van der Waals surface area contributed by atoms with E-state index in [1.807, 2.05) is 6.20 Å². The van der Waals surface area contributed by atoms with E-state index in [-0.39, 0.29) is 0 Å². The largest absolute Gasteiger partial charge is 0.346 e. The number of piperazine rings is 1. The number of anilines is 1. The molecule has 4 nitrogen and oxygen atoms in total. The predicted octanol–water partition coefficient (Wildman–Crippen LogP) is 2.29. The van der Waals surface area contributed by atoms with Crippen LogP contribution in [0.3, 0.4) is 0 Å². The van der Waals surface area contributed by atoms with Crippen LogP contribution < -0.4 is 10.2 Å². The summed E-state index contributed by atoms with van der Waals surface area (Å²) in [6, 6.07) is 0.673. The molecule has 1 atom stereocenters. The Morgan fingerprint density at radius 2 is 2.00 bits per heavy atom. The Kier molecular flexibility index (Phi) is 6.26. The molecule has 0 bridgehead atoms. The first kappa shape index (κ1) is 15.7. The van der Waals surface area contributed by atoms with Crippen LogP contribution in [0.4, 0.5) is 5.13 Å². The average molecular weight is 296 g/mol. The highest BCUT2D eigenvalue weighted by Crippen LogP contribution is 2.19. The molecule has 1 aliphatic heterocycles. The number of nitrogens with zero attached hydrogens (tertiary/aromatic N) is 3. The molecule has 114 valence electrons. The third kappa shape index (κ3) is 4.43. The summed E-state index contributed by atoms with van der Waals surface area (Å²) in [6.45, 7) is 13.6. The van der Waals surface area contributed by atoms with E-state index in [9.17, 15) is 0 Å². The predicted molar refractivity (Wildman–Crippen MR) is 87.7 cm³/mol. The Bertz CT molecular complexity index is 358. The number of hydrogen-bond acceptors (Lipinski definition) is 5. The van der Waals surface area contributed by atoms with Crippen molar-refractivity contribution in [1.29, 1.82) is 0 Å². The molecule has 2 heterocycles. The van der Waals surface area contributed by atoms with Crippen molar-refractivity contribution >= 4 is 16.5 Å². The lowest BCUT2D eigenvalue weighted by Crippen LogP contribution is -2.53. The Morgan fingerprint density at radius 3 is 2.55 bits per heavy atom. The molecule has 1 aromatic heterocycles. The molecule has 1 N–H and O–H groups in total. The van der Waals surface area contributed by atoms with Gasteiger partial charge in [-0.15, -0.1) is 11.3 Å². The van der Waals surface area contributed by atoms with Gasteiger partial charge in [-0.25, -0.2) is 4.98 Å². The van der Waals surface area contributed by atoms with Crippen LogP contribution in [0.2, 0.25) is 0 Å². The summed E-state index contributed by atoms with van der Waals surface area (Å²) in [4.78, 5) is 9.46. The lowest BCUT2D eigenvalue weighted by molar-refractivity contribution is 0.175. The normalized spacial score (nSPS) is 18.7. The van der Waals surface area contributed by atoms with Gasteiger partial charge in [-0.05, 0) is 18.9 Å². The second-order valence-corrected chi connectivity index (χ2v) is 6.82. The van der Waals surface area contributed by atoms with Gasteiger partial charge in [0.1, 0.15) is 0 Å². The summed E-state index contributed by atoms with van der Waals surface area (Å²) in [5.74, 6) is 0.731. The van der Waals surface area contributed by atoms with Gasteiger partial charge in [0.05, 0.1) is 0 Å². The molecular weight excluding hydrogens is 268 g/mol. The third-order valence-corrected chi connectivity index (χ3v) is 4.76. The SMILES string of the molecule is CCC(CNCC(C)C)N1CCN(c2nccs2)CC1. The lowest BCUT2D eigenvalue weighted by Gasteiger charge is -2.39. The smallest absolute Gasteiger partial charge is 0.185 e. The molecule has 1 unspecified atom stereocenters. The fourth-order valence-electron chi connectivity index (χ4n) is 2.72. The number of aromatic nitrogens is 1. The standard InChI is InChI=1S/C15H28N4S/c1-4-14(12-16-11-13(2)3)18-6-8-19(9-7-18)15-17-5-10-20-15/h5,10,13-14,16H,4,6-9,11-12H2,1-3H3. The van der Waals surface area contributed by atoms with Crippen molar-refractivity contribution in [3.05, 3.63) is 11.6 Å². The highest BCUT2D eigenvalue weighted by atomic mass is 32.1. The van der Waals surface area contributed by atoms with Gasteiger partial charge < -0.3 is 10.2 Å². The van der Waals surface area contributed by atoms with Crippen LogP contribution in [0, 0.1) is 5.92 Å². The Hall–Kier alpha value is -0.650. The maximum atomic E-state index is 4.41. The molecule has 0 radical (unpaired) electrons. The van der Waals surface area contributed by atoms with Gasteiger partial charge in [-0.1, -0.05) is 20.8 Å². The first-order chi connectivity index (χ1) is 9.70. The zero-order valence-corrected chi connectivity index (χ0v) is 13.8. The molecule has 1 saturated heterocycles. The molecular formula is C15H28N4S. The van der Waals surface area contributed by atoms with E-state index in [1.54, 1.807) is 11.3 Å². The molecule has 0 saturated carbocycles. The first-order valence-electron chi connectivity index (χ1n) is 7.80. The minimum atomic E-state index is 0.673. The van der Waals surface area contributed by atoms with E-state index in [0.29, 0.717) is 6.04 Å². The third-order valence-electron chi connectivity index (χ3n) is 3.92. The van der Waals surface area contributed by atoms with Gasteiger partial charge in [0, 0.05) is 50.3 Å². The zero-order valence-electron chi connectivity index (χ0n) is 13.0. The fourth-order valence-corrected chi connectivity index (χ4v) is 3.42. The van der Waals surface area contributed by atoms with E-state index in [1.165, 1.54) is 11.6 Å². The summed E-state index contributed by atoms with van der Waals surface area (Å²) in [7, 11) is 0. The highest BCUT2D eigenvalue weighted by molar-refractivity contribution is 7.13. The maximum Gasteiger partial charge on any atom is 0.185 e. The summed E-state index contributed by atoms with van der Waals surface area (Å²) in [6.07, 6.45) is 3.12. The van der Waals surface area contributed by atoms with Gasteiger partial charge in [-0.3, -0.25) is 4.90 Å². The van der Waals surface area contributed by atoms with Crippen molar-refractivity contribution in [3.8, 4) is 0 Å². The first-order valence-corrected chi connectivity index (χ1v) is 8.67. The highest BCUT2D eigenvalue weighted by Gasteiger charge is 2.23. The van der Waals surface area contributed by atoms with E-state index < -0.39 is 0 Å². The minimum absolute atomic E-state index is 0.673. The molecule has 0 amide bonds. The monoisotopic (exact) mass is 296 g/mol. The summed E-state index contributed by atoms with van der Waals surface area (Å²) >= 11 is 1.75. The molecule has 0 aromatic carbocycles. The van der Waals surface area contributed by atoms with E-state index in [2.05, 4.69) is 46.3 Å². The number of rotatable bonds is 7. The van der Waals surface area contributed by atoms with E-state index >= 15 is 0 Å². The van der Waals surface area contributed by atoms with Crippen LogP contribution >= 0.6 is 11.3 Å². The van der Waals surface area contributed by atoms with Crippen LogP contribution in [-0.2, 0) is 0 Å². The quantitative estimate of drug-likeness (QED) is 0.836. The second kappa shape index (κ2) is 7.96. The van der Waals surface area contributed by atoms with Crippen LogP contribution in [0.15, 0.2) is 11.6 Å². The van der Waals surface area contributed by atoms with Crippen molar-refractivity contribution in [1.82, 2.24) is 15.2 Å². The van der Waals surface area contributed by atoms with Gasteiger partial charge in [0.25, 0.3) is 0 Å². The van der Waals surface area contributed by atoms with Gasteiger partial charge in [-0.2, -0.15) is 0 Å². The molecule has 20 heavy (non-hydrogen) atoms. The van der Waals surface area contributed by atoms with Crippen LogP contribution in [-0.4, -0.2) is 55.2 Å². The van der Waals surface area contributed by atoms with Crippen LogP contribution in [0.5, 0.6) is 0 Å². The summed E-state index contributed by atoms with van der Waals surface area (Å²) in [5.41, 5.74) is 0. The van der Waals surface area contributed by atoms with Crippen molar-refractivity contribution < 1.29 is 0 Å². The Labute approximate surface area is 127 Å². The van der Waals surface area contributed by atoms with Crippen molar-refractivity contribution in [3.63, 3.8) is 0 Å². The Balaban J connectivity index is 1.76. The Morgan fingerprint density at radius 1 is 1.25 bits per heavy atom. The fraction of sp³-hybridized carbons (Fsp3) is 0.800. The maximum absolute atomic E-state index is 4.41. The minimum Gasteiger partial charge on any atom is -0.346 e. The molecule has 1 aliphatic rings. The molecule has 2 rings (SSSR count). The molecule has 1 fully saturated rings. The van der Waals surface area contributed by atoms with E-state index in [4.69, 9.17) is 0 Å². The van der Waals surface area contributed by atoms with Gasteiger partial charge in [0.2, 0.25) is 0 Å². The lowest BCUT2D eigenvalue weighted by atomic mass is 10.1. The van der Waals surface area contributed by atoms with Gasteiger partial charge in [0.15, 0.2) is 5.13 Å². The van der Waals surface area contributed by atoms with Crippen molar-refractivity contribution in [2.75, 3.05) is 44.2 Å². The van der Waals surface area contributed by atoms with Gasteiger partial charge >= 0.3 is 0 Å². The van der Waals surface area contributed by atoms with Crippen molar-refractivity contribution in [2.24, 2.45) is 5.92 Å². The molecule has 5 heteroatoms. The van der Waals surface area contributed by atoms with Crippen molar-refractivity contribution in [2.45, 2.75) is 33.2 Å².